The van der Waals surface area contributed by atoms with Crippen molar-refractivity contribution in [2.24, 2.45) is 0 Å². The number of benzene rings is 1. The fraction of sp³-hybridized carbons (Fsp3) is 0.167. The minimum atomic E-state index is -3.54. The van der Waals surface area contributed by atoms with Crippen molar-refractivity contribution in [1.82, 2.24) is 9.78 Å². The molecule has 23 heavy (non-hydrogen) atoms. The number of amides is 1. The van der Waals surface area contributed by atoms with Crippen molar-refractivity contribution in [3.8, 4) is 0 Å². The number of rotatable bonds is 4. The molecule has 0 saturated heterocycles. The largest absolute Gasteiger partial charge is 0.319 e. The first-order valence-corrected chi connectivity index (χ1v) is 8.76. The molecule has 0 spiro atoms. The monoisotopic (exact) mass is 383 g/mol. The van der Waals surface area contributed by atoms with E-state index in [1.807, 2.05) is 0 Å². The summed E-state index contributed by atoms with van der Waals surface area (Å²) in [4.78, 5) is 12.0. The van der Waals surface area contributed by atoms with Crippen molar-refractivity contribution in [1.29, 1.82) is 0 Å². The number of carbonyl (C=O) groups excluding carboxylic acids is 1. The maximum atomic E-state index is 14.0. The Hall–Kier alpha value is -1.71. The molecule has 0 unspecified atom stereocenters. The SMILES string of the molecule is CS(=O)(=O)Cn1nc(C(=O)Nc2ccc(F)cc2Cl)c(F)c1Cl. The zero-order valence-electron chi connectivity index (χ0n) is 11.5. The maximum absolute atomic E-state index is 14.0. The molecule has 0 fully saturated rings. The van der Waals surface area contributed by atoms with Gasteiger partial charge in [-0.05, 0) is 18.2 Å². The first-order valence-electron chi connectivity index (χ1n) is 5.94. The first kappa shape index (κ1) is 17.6. The van der Waals surface area contributed by atoms with E-state index in [2.05, 4.69) is 10.4 Å². The molecule has 1 aromatic carbocycles. The van der Waals surface area contributed by atoms with Gasteiger partial charge in [-0.25, -0.2) is 21.9 Å². The highest BCUT2D eigenvalue weighted by molar-refractivity contribution is 7.89. The van der Waals surface area contributed by atoms with Gasteiger partial charge in [-0.3, -0.25) is 4.79 Å². The second kappa shape index (κ2) is 6.42. The summed E-state index contributed by atoms with van der Waals surface area (Å²) >= 11 is 11.4. The molecule has 2 rings (SSSR count). The van der Waals surface area contributed by atoms with Crippen molar-refractivity contribution in [2.45, 2.75) is 5.88 Å². The Morgan fingerprint density at radius 1 is 1.35 bits per heavy atom. The van der Waals surface area contributed by atoms with Crippen LogP contribution in [0.5, 0.6) is 0 Å². The van der Waals surface area contributed by atoms with Crippen LogP contribution in [0.3, 0.4) is 0 Å². The minimum absolute atomic E-state index is 0.0336. The molecule has 0 atom stereocenters. The highest BCUT2D eigenvalue weighted by Gasteiger charge is 2.24. The van der Waals surface area contributed by atoms with E-state index in [9.17, 15) is 22.0 Å². The summed E-state index contributed by atoms with van der Waals surface area (Å²) in [5.41, 5.74) is -0.676. The van der Waals surface area contributed by atoms with Crippen LogP contribution >= 0.6 is 23.2 Å². The Bertz CT molecular complexity index is 884. The molecule has 1 heterocycles. The van der Waals surface area contributed by atoms with E-state index < -0.39 is 44.1 Å². The van der Waals surface area contributed by atoms with Gasteiger partial charge in [0.25, 0.3) is 5.91 Å². The standard InChI is InChI=1S/C12H9Cl2F2N3O3S/c1-23(21,22)5-19-11(14)9(16)10(18-19)12(20)17-8-3-2-6(15)4-7(8)13/h2-4H,5H2,1H3,(H,17,20). The van der Waals surface area contributed by atoms with Crippen LogP contribution in [0.2, 0.25) is 10.2 Å². The molecule has 1 N–H and O–H groups in total. The van der Waals surface area contributed by atoms with Crippen molar-refractivity contribution in [2.75, 3.05) is 11.6 Å². The molecular formula is C12H9Cl2F2N3O3S. The van der Waals surface area contributed by atoms with E-state index >= 15 is 0 Å². The molecule has 1 amide bonds. The Morgan fingerprint density at radius 2 is 2.00 bits per heavy atom. The first-order chi connectivity index (χ1) is 10.6. The fourth-order valence-corrected chi connectivity index (χ4v) is 2.75. The summed E-state index contributed by atoms with van der Waals surface area (Å²) in [6, 6.07) is 3.19. The van der Waals surface area contributed by atoms with Crippen LogP contribution in [0.15, 0.2) is 18.2 Å². The van der Waals surface area contributed by atoms with Gasteiger partial charge < -0.3 is 5.32 Å². The van der Waals surface area contributed by atoms with Gasteiger partial charge in [-0.1, -0.05) is 23.2 Å². The van der Waals surface area contributed by atoms with Crippen LogP contribution < -0.4 is 5.32 Å². The lowest BCUT2D eigenvalue weighted by Crippen LogP contribution is -2.16. The van der Waals surface area contributed by atoms with Gasteiger partial charge in [0.15, 0.2) is 26.5 Å². The van der Waals surface area contributed by atoms with Crippen LogP contribution in [-0.4, -0.2) is 30.4 Å². The second-order valence-corrected chi connectivity index (χ2v) is 7.46. The smallest absolute Gasteiger partial charge is 0.279 e. The fourth-order valence-electron chi connectivity index (χ4n) is 1.64. The van der Waals surface area contributed by atoms with Crippen molar-refractivity contribution in [3.63, 3.8) is 0 Å². The summed E-state index contributed by atoms with van der Waals surface area (Å²) < 4.78 is 50.0. The molecule has 2 aromatic rings. The van der Waals surface area contributed by atoms with Gasteiger partial charge in [-0.15, -0.1) is 0 Å². The molecule has 0 saturated carbocycles. The summed E-state index contributed by atoms with van der Waals surface area (Å²) in [5.74, 6) is -3.48. The number of sulfone groups is 1. The van der Waals surface area contributed by atoms with Crippen LogP contribution in [0.1, 0.15) is 10.5 Å². The van der Waals surface area contributed by atoms with Gasteiger partial charge in [0.1, 0.15) is 11.7 Å². The number of nitrogens with zero attached hydrogens (tertiary/aromatic N) is 2. The van der Waals surface area contributed by atoms with E-state index in [4.69, 9.17) is 23.2 Å². The van der Waals surface area contributed by atoms with E-state index in [1.165, 1.54) is 6.07 Å². The average Bonchev–Trinajstić information content (AvgIpc) is 2.68. The average molecular weight is 384 g/mol. The molecule has 0 bridgehead atoms. The molecule has 0 aliphatic heterocycles. The molecule has 124 valence electrons. The van der Waals surface area contributed by atoms with Crippen molar-refractivity contribution >= 4 is 44.6 Å². The van der Waals surface area contributed by atoms with Crippen LogP contribution in [0, 0.1) is 11.6 Å². The molecule has 0 radical (unpaired) electrons. The number of halogens is 4. The summed E-state index contributed by atoms with van der Waals surface area (Å²) in [6.45, 7) is 0. The zero-order chi connectivity index (χ0) is 17.4. The van der Waals surface area contributed by atoms with Crippen LogP contribution in [0.25, 0.3) is 0 Å². The van der Waals surface area contributed by atoms with E-state index in [1.54, 1.807) is 0 Å². The predicted octanol–water partition coefficient (Wildman–Crippen LogP) is 2.72. The van der Waals surface area contributed by atoms with Crippen molar-refractivity contribution in [3.05, 3.63) is 45.7 Å². The van der Waals surface area contributed by atoms with E-state index in [0.29, 0.717) is 4.68 Å². The number of hydrogen-bond donors (Lipinski definition) is 1. The lowest BCUT2D eigenvalue weighted by molar-refractivity contribution is 0.101. The maximum Gasteiger partial charge on any atom is 0.279 e. The molecule has 6 nitrogen and oxygen atoms in total. The number of aromatic nitrogens is 2. The summed E-state index contributed by atoms with van der Waals surface area (Å²) in [5, 5.41) is 5.06. The molecule has 0 aliphatic rings. The Kier molecular flexibility index (Phi) is 4.92. The minimum Gasteiger partial charge on any atom is -0.319 e. The summed E-state index contributed by atoms with van der Waals surface area (Å²) in [6.07, 6.45) is 0.904. The second-order valence-electron chi connectivity index (χ2n) is 4.59. The Balaban J connectivity index is 2.31. The van der Waals surface area contributed by atoms with E-state index in [0.717, 1.165) is 18.4 Å². The lowest BCUT2D eigenvalue weighted by atomic mass is 10.3. The van der Waals surface area contributed by atoms with E-state index in [-0.39, 0.29) is 10.7 Å². The summed E-state index contributed by atoms with van der Waals surface area (Å²) in [7, 11) is -3.54. The number of nitrogens with one attached hydrogen (secondary N) is 1. The predicted molar refractivity (Wildman–Crippen MR) is 81.4 cm³/mol. The number of carbonyl (C=O) groups is 1. The van der Waals surface area contributed by atoms with Crippen LogP contribution in [0.4, 0.5) is 14.5 Å². The van der Waals surface area contributed by atoms with Gasteiger partial charge >= 0.3 is 0 Å². The van der Waals surface area contributed by atoms with Gasteiger partial charge in [0.2, 0.25) is 0 Å². The zero-order valence-corrected chi connectivity index (χ0v) is 13.8. The van der Waals surface area contributed by atoms with Gasteiger partial charge in [-0.2, -0.15) is 5.10 Å². The normalized spacial score (nSPS) is 11.5. The van der Waals surface area contributed by atoms with Gasteiger partial charge in [0, 0.05) is 6.26 Å². The lowest BCUT2D eigenvalue weighted by Gasteiger charge is -2.05. The number of hydrogen-bond acceptors (Lipinski definition) is 4. The third-order valence-corrected chi connectivity index (χ3v) is 3.97. The van der Waals surface area contributed by atoms with Gasteiger partial charge in [0.05, 0.1) is 10.7 Å². The Morgan fingerprint density at radius 3 is 2.57 bits per heavy atom. The Labute approximate surface area is 139 Å². The molecular weight excluding hydrogens is 375 g/mol. The molecule has 0 aliphatic carbocycles. The highest BCUT2D eigenvalue weighted by atomic mass is 35.5. The highest BCUT2D eigenvalue weighted by Crippen LogP contribution is 2.24. The third-order valence-electron chi connectivity index (χ3n) is 2.59. The molecule has 11 heteroatoms. The van der Waals surface area contributed by atoms with Crippen LogP contribution in [-0.2, 0) is 15.7 Å². The third kappa shape index (κ3) is 4.18. The van der Waals surface area contributed by atoms with Crippen molar-refractivity contribution < 1.29 is 22.0 Å². The molecule has 1 aromatic heterocycles. The number of anilines is 1. The topological polar surface area (TPSA) is 81.1 Å². The quantitative estimate of drug-likeness (QED) is 0.879.